The van der Waals surface area contributed by atoms with Gasteiger partial charge in [-0.15, -0.1) is 0 Å². The third-order valence-electron chi connectivity index (χ3n) is 4.04. The third-order valence-corrected chi connectivity index (χ3v) is 4.04. The van der Waals surface area contributed by atoms with Crippen molar-refractivity contribution in [1.82, 2.24) is 5.32 Å². The first-order valence-corrected chi connectivity index (χ1v) is 8.72. The predicted octanol–water partition coefficient (Wildman–Crippen LogP) is 4.55. The Balaban J connectivity index is 2.06. The van der Waals surface area contributed by atoms with E-state index in [0.717, 1.165) is 12.0 Å². The number of hydrogen-bond acceptors (Lipinski definition) is 2. The minimum atomic E-state index is -0.198. The van der Waals surface area contributed by atoms with E-state index in [1.807, 2.05) is 43.3 Å². The van der Waals surface area contributed by atoms with Crippen molar-refractivity contribution in [3.05, 3.63) is 65.7 Å². The van der Waals surface area contributed by atoms with Crippen LogP contribution in [-0.2, 0) is 4.79 Å². The molecule has 0 spiro atoms. The van der Waals surface area contributed by atoms with Crippen LogP contribution in [0.3, 0.4) is 0 Å². The molecule has 1 atom stereocenters. The van der Waals surface area contributed by atoms with Gasteiger partial charge in [0, 0.05) is 6.42 Å². The lowest BCUT2D eigenvalue weighted by Crippen LogP contribution is -2.28. The molecule has 0 aliphatic heterocycles. The standard InChI is InChI=1S/C21H26N2O2/c1-15(2)13-14-20(24)23-19-12-8-7-11-18(19)21(25)22-16(3)17-9-5-4-6-10-17/h4-12,15-16H,13-14H2,1-3H3,(H,22,25)(H,23,24)/t16-/m1/s1. The first kappa shape index (κ1) is 18.7. The average molecular weight is 338 g/mol. The van der Waals surface area contributed by atoms with Crippen LogP contribution in [0.4, 0.5) is 5.69 Å². The second kappa shape index (κ2) is 9.02. The molecule has 0 aliphatic rings. The SMILES string of the molecule is CC(C)CCC(=O)Nc1ccccc1C(=O)N[C@H](C)c1ccccc1. The zero-order valence-electron chi connectivity index (χ0n) is 15.1. The summed E-state index contributed by atoms with van der Waals surface area (Å²) < 4.78 is 0. The average Bonchev–Trinajstić information content (AvgIpc) is 2.61. The topological polar surface area (TPSA) is 58.2 Å². The lowest BCUT2D eigenvalue weighted by molar-refractivity contribution is -0.116. The zero-order chi connectivity index (χ0) is 18.2. The van der Waals surface area contributed by atoms with Crippen LogP contribution in [0.5, 0.6) is 0 Å². The molecule has 25 heavy (non-hydrogen) atoms. The highest BCUT2D eigenvalue weighted by molar-refractivity contribution is 6.03. The summed E-state index contributed by atoms with van der Waals surface area (Å²) in [6.45, 7) is 6.11. The van der Waals surface area contributed by atoms with E-state index >= 15 is 0 Å². The van der Waals surface area contributed by atoms with Crippen LogP contribution in [-0.4, -0.2) is 11.8 Å². The molecule has 0 fully saturated rings. The van der Waals surface area contributed by atoms with E-state index in [1.54, 1.807) is 18.2 Å². The van der Waals surface area contributed by atoms with Crippen molar-refractivity contribution < 1.29 is 9.59 Å². The second-order valence-corrected chi connectivity index (χ2v) is 6.63. The summed E-state index contributed by atoms with van der Waals surface area (Å²) in [4.78, 5) is 24.7. The molecule has 4 heteroatoms. The number of rotatable bonds is 7. The summed E-state index contributed by atoms with van der Waals surface area (Å²) in [5.41, 5.74) is 2.06. The molecular weight excluding hydrogens is 312 g/mol. The highest BCUT2D eigenvalue weighted by Crippen LogP contribution is 2.18. The van der Waals surface area contributed by atoms with Crippen molar-refractivity contribution in [3.63, 3.8) is 0 Å². The van der Waals surface area contributed by atoms with Gasteiger partial charge >= 0.3 is 0 Å². The largest absolute Gasteiger partial charge is 0.345 e. The van der Waals surface area contributed by atoms with Crippen molar-refractivity contribution >= 4 is 17.5 Å². The lowest BCUT2D eigenvalue weighted by atomic mass is 10.1. The molecule has 0 bridgehead atoms. The number of amides is 2. The molecule has 2 aromatic carbocycles. The molecule has 0 radical (unpaired) electrons. The summed E-state index contributed by atoms with van der Waals surface area (Å²) in [6, 6.07) is 16.8. The molecular formula is C21H26N2O2. The van der Waals surface area contributed by atoms with E-state index in [0.29, 0.717) is 23.6 Å². The van der Waals surface area contributed by atoms with Gasteiger partial charge < -0.3 is 10.6 Å². The molecule has 4 nitrogen and oxygen atoms in total. The van der Waals surface area contributed by atoms with Gasteiger partial charge in [0.25, 0.3) is 5.91 Å². The number of hydrogen-bond donors (Lipinski definition) is 2. The number of anilines is 1. The molecule has 0 saturated carbocycles. The summed E-state index contributed by atoms with van der Waals surface area (Å²) in [5.74, 6) is 0.206. The van der Waals surface area contributed by atoms with Crippen LogP contribution in [0.1, 0.15) is 55.6 Å². The first-order chi connectivity index (χ1) is 12.0. The minimum Gasteiger partial charge on any atom is -0.345 e. The zero-order valence-corrected chi connectivity index (χ0v) is 15.1. The van der Waals surface area contributed by atoms with E-state index < -0.39 is 0 Å². The fourth-order valence-electron chi connectivity index (χ4n) is 2.52. The van der Waals surface area contributed by atoms with Crippen molar-refractivity contribution in [2.45, 2.75) is 39.7 Å². The van der Waals surface area contributed by atoms with Gasteiger partial charge in [-0.25, -0.2) is 0 Å². The number of para-hydroxylation sites is 1. The lowest BCUT2D eigenvalue weighted by Gasteiger charge is -2.16. The van der Waals surface area contributed by atoms with Gasteiger partial charge in [0.2, 0.25) is 5.91 Å². The molecule has 0 heterocycles. The van der Waals surface area contributed by atoms with Crippen molar-refractivity contribution in [2.75, 3.05) is 5.32 Å². The Kier molecular flexibility index (Phi) is 6.75. The van der Waals surface area contributed by atoms with Crippen molar-refractivity contribution in [2.24, 2.45) is 5.92 Å². The van der Waals surface area contributed by atoms with E-state index in [9.17, 15) is 9.59 Å². The smallest absolute Gasteiger partial charge is 0.253 e. The van der Waals surface area contributed by atoms with Gasteiger partial charge in [0.15, 0.2) is 0 Å². The Labute approximate surface area is 149 Å². The van der Waals surface area contributed by atoms with Crippen LogP contribution < -0.4 is 10.6 Å². The summed E-state index contributed by atoms with van der Waals surface area (Å²) in [6.07, 6.45) is 1.28. The molecule has 0 unspecified atom stereocenters. The quantitative estimate of drug-likeness (QED) is 0.778. The van der Waals surface area contributed by atoms with Gasteiger partial charge in [-0.1, -0.05) is 56.3 Å². The van der Waals surface area contributed by atoms with Crippen LogP contribution in [0.15, 0.2) is 54.6 Å². The van der Waals surface area contributed by atoms with Crippen LogP contribution in [0.2, 0.25) is 0 Å². The van der Waals surface area contributed by atoms with E-state index in [1.165, 1.54) is 0 Å². The van der Waals surface area contributed by atoms with Crippen molar-refractivity contribution in [3.8, 4) is 0 Å². The Bertz CT molecular complexity index is 711. The third kappa shape index (κ3) is 5.75. The maximum Gasteiger partial charge on any atom is 0.253 e. The van der Waals surface area contributed by atoms with Crippen LogP contribution in [0.25, 0.3) is 0 Å². The summed E-state index contributed by atoms with van der Waals surface area (Å²) >= 11 is 0. The molecule has 0 aromatic heterocycles. The Morgan fingerprint density at radius 3 is 2.24 bits per heavy atom. The number of carbonyl (C=O) groups is 2. The molecule has 2 amide bonds. The first-order valence-electron chi connectivity index (χ1n) is 8.72. The molecule has 132 valence electrons. The maximum absolute atomic E-state index is 12.6. The highest BCUT2D eigenvalue weighted by atomic mass is 16.2. The van der Waals surface area contributed by atoms with Gasteiger partial charge in [-0.2, -0.15) is 0 Å². The fourth-order valence-corrected chi connectivity index (χ4v) is 2.52. The second-order valence-electron chi connectivity index (χ2n) is 6.63. The molecule has 0 aliphatic carbocycles. The summed E-state index contributed by atoms with van der Waals surface area (Å²) in [5, 5.41) is 5.85. The predicted molar refractivity (Wildman–Crippen MR) is 101 cm³/mol. The van der Waals surface area contributed by atoms with Crippen LogP contribution >= 0.6 is 0 Å². The highest BCUT2D eigenvalue weighted by Gasteiger charge is 2.16. The number of benzene rings is 2. The van der Waals surface area contributed by atoms with E-state index in [4.69, 9.17) is 0 Å². The summed E-state index contributed by atoms with van der Waals surface area (Å²) in [7, 11) is 0. The Hall–Kier alpha value is -2.62. The Morgan fingerprint density at radius 1 is 0.920 bits per heavy atom. The van der Waals surface area contributed by atoms with Gasteiger partial charge in [-0.3, -0.25) is 9.59 Å². The van der Waals surface area contributed by atoms with Crippen molar-refractivity contribution in [1.29, 1.82) is 0 Å². The fraction of sp³-hybridized carbons (Fsp3) is 0.333. The molecule has 0 saturated heterocycles. The maximum atomic E-state index is 12.6. The van der Waals surface area contributed by atoms with Crippen LogP contribution in [0, 0.1) is 5.92 Å². The van der Waals surface area contributed by atoms with Gasteiger partial charge in [0.1, 0.15) is 0 Å². The molecule has 2 aromatic rings. The van der Waals surface area contributed by atoms with E-state index in [-0.39, 0.29) is 17.9 Å². The molecule has 2 N–H and O–H groups in total. The normalized spacial score (nSPS) is 11.8. The molecule has 2 rings (SSSR count). The van der Waals surface area contributed by atoms with E-state index in [2.05, 4.69) is 24.5 Å². The monoisotopic (exact) mass is 338 g/mol. The Morgan fingerprint density at radius 2 is 1.56 bits per heavy atom. The van der Waals surface area contributed by atoms with Gasteiger partial charge in [0.05, 0.1) is 17.3 Å². The van der Waals surface area contributed by atoms with Gasteiger partial charge in [-0.05, 0) is 37.0 Å². The number of nitrogens with one attached hydrogen (secondary N) is 2. The minimum absolute atomic E-state index is 0.0648. The number of carbonyl (C=O) groups excluding carboxylic acids is 2.